The second kappa shape index (κ2) is 5.96. The molecule has 2 heterocycles. The molecule has 1 aliphatic rings. The van der Waals surface area contributed by atoms with Crippen molar-refractivity contribution in [1.82, 2.24) is 4.98 Å². The van der Waals surface area contributed by atoms with Crippen LogP contribution in [-0.2, 0) is 4.79 Å². The van der Waals surface area contributed by atoms with Gasteiger partial charge in [-0.1, -0.05) is 30.3 Å². The molecule has 4 nitrogen and oxygen atoms in total. The molecule has 2 aromatic carbocycles. The van der Waals surface area contributed by atoms with Crippen molar-refractivity contribution in [1.29, 1.82) is 0 Å². The fourth-order valence-corrected chi connectivity index (χ4v) is 3.27. The molecule has 0 spiro atoms. The molecule has 0 fully saturated rings. The molecule has 0 bridgehead atoms. The summed E-state index contributed by atoms with van der Waals surface area (Å²) in [5.74, 6) is 0.632. The fourth-order valence-electron chi connectivity index (χ4n) is 3.27. The van der Waals surface area contributed by atoms with Gasteiger partial charge in [0.05, 0.1) is 18.2 Å². The van der Waals surface area contributed by atoms with E-state index in [0.717, 1.165) is 33.3 Å². The highest BCUT2D eigenvalue weighted by Crippen LogP contribution is 2.35. The van der Waals surface area contributed by atoms with Gasteiger partial charge in [0.2, 0.25) is 5.91 Å². The number of hydrogen-bond acceptors (Lipinski definition) is 3. The molecule has 1 atom stereocenters. The second-order valence-electron chi connectivity index (χ2n) is 6.07. The highest BCUT2D eigenvalue weighted by molar-refractivity contribution is 6.05. The molecular formula is C20H18N2O2. The number of nitrogens with zero attached hydrogens (tertiary/aromatic N) is 1. The first-order valence-corrected chi connectivity index (χ1v) is 8.10. The highest BCUT2D eigenvalue weighted by Gasteiger charge is 2.28. The fraction of sp³-hybridized carbons (Fsp3) is 0.200. The number of nitrogens with one attached hydrogen (secondary N) is 1. The zero-order valence-corrected chi connectivity index (χ0v) is 13.5. The lowest BCUT2D eigenvalue weighted by Crippen LogP contribution is -2.26. The highest BCUT2D eigenvalue weighted by atomic mass is 16.5. The van der Waals surface area contributed by atoms with Crippen molar-refractivity contribution >= 4 is 22.4 Å². The lowest BCUT2D eigenvalue weighted by molar-refractivity contribution is -0.118. The zero-order valence-electron chi connectivity index (χ0n) is 13.5. The summed E-state index contributed by atoms with van der Waals surface area (Å²) in [7, 11) is 0. The number of ether oxygens (including phenoxy) is 1. The standard InChI is InChI=1S/C20H18N2O2/c1-13-6-7-14-12-21-10-8-15(14)19(13)22-20(23)17-9-11-24-18-5-3-2-4-16(17)18/h2-8,10,12,17H,9,11H2,1H3,(H,22,23). The maximum absolute atomic E-state index is 12.9. The molecule has 0 aliphatic carbocycles. The van der Waals surface area contributed by atoms with Crippen molar-refractivity contribution in [2.45, 2.75) is 19.3 Å². The predicted molar refractivity (Wildman–Crippen MR) is 94.4 cm³/mol. The van der Waals surface area contributed by atoms with E-state index in [-0.39, 0.29) is 11.8 Å². The minimum atomic E-state index is -0.188. The van der Waals surface area contributed by atoms with E-state index in [1.165, 1.54) is 0 Å². The summed E-state index contributed by atoms with van der Waals surface area (Å²) in [5, 5.41) is 5.17. The van der Waals surface area contributed by atoms with Gasteiger partial charge in [0.15, 0.2) is 0 Å². The summed E-state index contributed by atoms with van der Waals surface area (Å²) in [4.78, 5) is 17.1. The number of para-hydroxylation sites is 1. The third-order valence-electron chi connectivity index (χ3n) is 4.55. The van der Waals surface area contributed by atoms with Crippen LogP contribution in [0.3, 0.4) is 0 Å². The van der Waals surface area contributed by atoms with Crippen molar-refractivity contribution in [3.05, 3.63) is 66.0 Å². The lowest BCUT2D eigenvalue weighted by Gasteiger charge is -2.25. The normalized spacial score (nSPS) is 16.3. The van der Waals surface area contributed by atoms with Crippen LogP contribution in [0.1, 0.15) is 23.5 Å². The number of amides is 1. The molecule has 1 aromatic heterocycles. The van der Waals surface area contributed by atoms with Gasteiger partial charge in [-0.05, 0) is 31.0 Å². The Morgan fingerprint density at radius 3 is 3.00 bits per heavy atom. The van der Waals surface area contributed by atoms with Crippen LogP contribution < -0.4 is 10.1 Å². The van der Waals surface area contributed by atoms with Gasteiger partial charge in [-0.15, -0.1) is 0 Å². The Labute approximate surface area is 140 Å². The Balaban J connectivity index is 1.70. The summed E-state index contributed by atoms with van der Waals surface area (Å²) in [6.07, 6.45) is 4.25. The zero-order chi connectivity index (χ0) is 16.5. The van der Waals surface area contributed by atoms with Gasteiger partial charge in [-0.3, -0.25) is 9.78 Å². The third kappa shape index (κ3) is 2.50. The van der Waals surface area contributed by atoms with E-state index >= 15 is 0 Å². The summed E-state index contributed by atoms with van der Waals surface area (Å²) >= 11 is 0. The molecule has 4 rings (SSSR count). The Hall–Kier alpha value is -2.88. The summed E-state index contributed by atoms with van der Waals surface area (Å²) in [6, 6.07) is 13.7. The summed E-state index contributed by atoms with van der Waals surface area (Å²) in [6.45, 7) is 2.57. The molecule has 4 heteroatoms. The van der Waals surface area contributed by atoms with E-state index in [1.54, 1.807) is 6.20 Å². The van der Waals surface area contributed by atoms with Crippen LogP contribution in [-0.4, -0.2) is 17.5 Å². The number of rotatable bonds is 2. The van der Waals surface area contributed by atoms with Crippen molar-refractivity contribution in [2.75, 3.05) is 11.9 Å². The minimum Gasteiger partial charge on any atom is -0.493 e. The number of hydrogen-bond donors (Lipinski definition) is 1. The number of anilines is 1. The molecule has 0 saturated heterocycles. The van der Waals surface area contributed by atoms with Crippen LogP contribution in [0.25, 0.3) is 10.8 Å². The number of aryl methyl sites for hydroxylation is 1. The van der Waals surface area contributed by atoms with Gasteiger partial charge in [0.25, 0.3) is 0 Å². The van der Waals surface area contributed by atoms with Crippen LogP contribution in [0.4, 0.5) is 5.69 Å². The first-order valence-electron chi connectivity index (χ1n) is 8.10. The Kier molecular flexibility index (Phi) is 3.65. The summed E-state index contributed by atoms with van der Waals surface area (Å²) < 4.78 is 5.66. The van der Waals surface area contributed by atoms with Crippen LogP contribution in [0.15, 0.2) is 54.9 Å². The Bertz CT molecular complexity index is 920. The van der Waals surface area contributed by atoms with Crippen LogP contribution in [0, 0.1) is 6.92 Å². The van der Waals surface area contributed by atoms with Gasteiger partial charge in [-0.2, -0.15) is 0 Å². The maximum atomic E-state index is 12.9. The van der Waals surface area contributed by atoms with Crippen molar-refractivity contribution < 1.29 is 9.53 Å². The molecule has 0 saturated carbocycles. The number of benzene rings is 2. The Morgan fingerprint density at radius 2 is 2.08 bits per heavy atom. The van der Waals surface area contributed by atoms with Gasteiger partial charge in [0.1, 0.15) is 5.75 Å². The van der Waals surface area contributed by atoms with Gasteiger partial charge in [0, 0.05) is 28.7 Å². The average Bonchev–Trinajstić information content (AvgIpc) is 2.63. The largest absolute Gasteiger partial charge is 0.493 e. The maximum Gasteiger partial charge on any atom is 0.232 e. The first kappa shape index (κ1) is 14.7. The van der Waals surface area contributed by atoms with E-state index in [9.17, 15) is 4.79 Å². The topological polar surface area (TPSA) is 51.2 Å². The molecule has 1 N–H and O–H groups in total. The predicted octanol–water partition coefficient (Wildman–Crippen LogP) is 4.05. The van der Waals surface area contributed by atoms with Crippen LogP contribution in [0.5, 0.6) is 5.75 Å². The molecule has 0 radical (unpaired) electrons. The van der Waals surface area contributed by atoms with E-state index in [4.69, 9.17) is 4.74 Å². The van der Waals surface area contributed by atoms with Crippen molar-refractivity contribution in [3.8, 4) is 5.75 Å². The minimum absolute atomic E-state index is 0.0122. The number of carbonyl (C=O) groups excluding carboxylic acids is 1. The monoisotopic (exact) mass is 318 g/mol. The van der Waals surface area contributed by atoms with E-state index in [2.05, 4.69) is 10.3 Å². The average molecular weight is 318 g/mol. The molecular weight excluding hydrogens is 300 g/mol. The molecule has 1 unspecified atom stereocenters. The van der Waals surface area contributed by atoms with Crippen molar-refractivity contribution in [2.24, 2.45) is 0 Å². The van der Waals surface area contributed by atoms with Gasteiger partial charge in [-0.25, -0.2) is 0 Å². The number of carbonyl (C=O) groups is 1. The van der Waals surface area contributed by atoms with Crippen LogP contribution in [0.2, 0.25) is 0 Å². The molecule has 120 valence electrons. The van der Waals surface area contributed by atoms with Gasteiger partial charge < -0.3 is 10.1 Å². The van der Waals surface area contributed by atoms with Crippen molar-refractivity contribution in [3.63, 3.8) is 0 Å². The molecule has 1 amide bonds. The summed E-state index contributed by atoms with van der Waals surface area (Å²) in [5.41, 5.74) is 2.87. The molecule has 1 aliphatic heterocycles. The third-order valence-corrected chi connectivity index (χ3v) is 4.55. The molecule has 3 aromatic rings. The van der Waals surface area contributed by atoms with Gasteiger partial charge >= 0.3 is 0 Å². The molecule has 24 heavy (non-hydrogen) atoms. The van der Waals surface area contributed by atoms with E-state index < -0.39 is 0 Å². The van der Waals surface area contributed by atoms with Crippen LogP contribution >= 0.6 is 0 Å². The second-order valence-corrected chi connectivity index (χ2v) is 6.07. The Morgan fingerprint density at radius 1 is 1.21 bits per heavy atom. The smallest absolute Gasteiger partial charge is 0.232 e. The number of aromatic nitrogens is 1. The number of fused-ring (bicyclic) bond motifs is 2. The van der Waals surface area contributed by atoms with E-state index in [1.807, 2.05) is 55.6 Å². The van der Waals surface area contributed by atoms with E-state index in [0.29, 0.717) is 13.0 Å². The quantitative estimate of drug-likeness (QED) is 0.775. The lowest BCUT2D eigenvalue weighted by atomic mass is 9.92. The SMILES string of the molecule is Cc1ccc2cnccc2c1NC(=O)C1CCOc2ccccc21. The number of pyridine rings is 1. The first-order chi connectivity index (χ1) is 11.7.